The number of rotatable bonds is 4. The first-order chi connectivity index (χ1) is 9.09. The van der Waals surface area contributed by atoms with Crippen LogP contribution in [0.5, 0.6) is 0 Å². The van der Waals surface area contributed by atoms with E-state index in [-0.39, 0.29) is 16.1 Å². The summed E-state index contributed by atoms with van der Waals surface area (Å²) in [7, 11) is 0. The molecule has 0 bridgehead atoms. The van der Waals surface area contributed by atoms with E-state index in [1.165, 1.54) is 11.3 Å². The molecule has 0 aliphatic heterocycles. The van der Waals surface area contributed by atoms with Crippen LogP contribution in [0.2, 0.25) is 0 Å². The number of aromatic nitrogens is 1. The minimum absolute atomic E-state index is 0.0432. The molecular formula is C12H14N4O2S. The zero-order chi connectivity index (χ0) is 13.5. The van der Waals surface area contributed by atoms with Crippen LogP contribution >= 0.6 is 11.3 Å². The molecule has 1 aromatic carbocycles. The van der Waals surface area contributed by atoms with Crippen molar-refractivity contribution in [2.45, 2.75) is 24.8 Å². The lowest BCUT2D eigenvalue weighted by atomic mass is 9.78. The van der Waals surface area contributed by atoms with Gasteiger partial charge in [0.25, 0.3) is 0 Å². The summed E-state index contributed by atoms with van der Waals surface area (Å²) < 4.78 is 0.823. The molecule has 7 heteroatoms. The van der Waals surface area contributed by atoms with E-state index in [1.807, 2.05) is 6.07 Å². The molecule has 1 saturated carbocycles. The van der Waals surface area contributed by atoms with Crippen LogP contribution in [0, 0.1) is 10.1 Å². The summed E-state index contributed by atoms with van der Waals surface area (Å²) in [5.41, 5.74) is 8.52. The van der Waals surface area contributed by atoms with Crippen molar-refractivity contribution in [3.63, 3.8) is 0 Å². The summed E-state index contributed by atoms with van der Waals surface area (Å²) in [5, 5.41) is 14.4. The Morgan fingerprint density at radius 3 is 2.95 bits per heavy atom. The molecule has 1 fully saturated rings. The fourth-order valence-electron chi connectivity index (χ4n) is 2.32. The Kier molecular flexibility index (Phi) is 2.87. The van der Waals surface area contributed by atoms with Gasteiger partial charge in [-0.05, 0) is 31.4 Å². The van der Waals surface area contributed by atoms with Crippen LogP contribution in [0.1, 0.15) is 19.3 Å². The van der Waals surface area contributed by atoms with Gasteiger partial charge in [-0.15, -0.1) is 11.3 Å². The number of nitro benzene ring substituents is 1. The zero-order valence-corrected chi connectivity index (χ0v) is 11.1. The van der Waals surface area contributed by atoms with Crippen LogP contribution in [-0.4, -0.2) is 22.0 Å². The van der Waals surface area contributed by atoms with E-state index in [0.717, 1.165) is 24.0 Å². The van der Waals surface area contributed by atoms with Crippen molar-refractivity contribution in [3.05, 3.63) is 27.8 Å². The molecule has 0 amide bonds. The summed E-state index contributed by atoms with van der Waals surface area (Å²) in [5.74, 6) is 0. The van der Waals surface area contributed by atoms with Gasteiger partial charge in [0.15, 0.2) is 5.52 Å². The Hall–Kier alpha value is -1.73. The van der Waals surface area contributed by atoms with Crippen LogP contribution < -0.4 is 11.1 Å². The molecule has 2 aromatic rings. The maximum Gasteiger partial charge on any atom is 0.319 e. The van der Waals surface area contributed by atoms with Crippen molar-refractivity contribution < 1.29 is 4.92 Å². The van der Waals surface area contributed by atoms with Gasteiger partial charge in [-0.3, -0.25) is 10.1 Å². The van der Waals surface area contributed by atoms with Crippen molar-refractivity contribution in [2.75, 3.05) is 11.9 Å². The molecular weight excluding hydrogens is 264 g/mol. The smallest absolute Gasteiger partial charge is 0.319 e. The molecule has 0 saturated heterocycles. The number of nitrogens with two attached hydrogens (primary N) is 1. The Bertz CT molecular complexity index is 636. The van der Waals surface area contributed by atoms with E-state index in [9.17, 15) is 10.1 Å². The maximum atomic E-state index is 11.2. The number of nitrogens with one attached hydrogen (secondary N) is 1. The van der Waals surface area contributed by atoms with E-state index in [1.54, 1.807) is 11.6 Å². The highest BCUT2D eigenvalue weighted by molar-refractivity contribution is 7.16. The van der Waals surface area contributed by atoms with Crippen molar-refractivity contribution in [3.8, 4) is 0 Å². The monoisotopic (exact) mass is 278 g/mol. The first-order valence-corrected chi connectivity index (χ1v) is 7.00. The van der Waals surface area contributed by atoms with Gasteiger partial charge in [-0.2, -0.15) is 0 Å². The van der Waals surface area contributed by atoms with Crippen LogP contribution in [0.25, 0.3) is 10.2 Å². The van der Waals surface area contributed by atoms with Gasteiger partial charge in [0, 0.05) is 12.1 Å². The number of nitro groups is 1. The average molecular weight is 278 g/mol. The van der Waals surface area contributed by atoms with Crippen molar-refractivity contribution in [1.82, 2.24) is 4.98 Å². The molecule has 3 N–H and O–H groups in total. The van der Waals surface area contributed by atoms with Crippen LogP contribution in [0.15, 0.2) is 17.6 Å². The molecule has 100 valence electrons. The third kappa shape index (κ3) is 2.15. The van der Waals surface area contributed by atoms with Crippen molar-refractivity contribution in [1.29, 1.82) is 0 Å². The SMILES string of the molecule is NC1(CNc2ccc3scnc3c2[N+](=O)[O-])CCC1. The molecule has 0 radical (unpaired) electrons. The summed E-state index contributed by atoms with van der Waals surface area (Å²) in [6.45, 7) is 0.559. The first kappa shape index (κ1) is 12.3. The topological polar surface area (TPSA) is 94.1 Å². The third-order valence-electron chi connectivity index (χ3n) is 3.64. The molecule has 1 heterocycles. The Labute approximate surface area is 113 Å². The second-order valence-electron chi connectivity index (χ2n) is 4.99. The fraction of sp³-hybridized carbons (Fsp3) is 0.417. The summed E-state index contributed by atoms with van der Waals surface area (Å²) >= 11 is 1.40. The van der Waals surface area contributed by atoms with E-state index < -0.39 is 0 Å². The molecule has 0 spiro atoms. The minimum atomic E-state index is -0.381. The maximum absolute atomic E-state index is 11.2. The molecule has 0 atom stereocenters. The highest BCUT2D eigenvalue weighted by atomic mass is 32.1. The molecule has 19 heavy (non-hydrogen) atoms. The van der Waals surface area contributed by atoms with Crippen LogP contribution in [0.4, 0.5) is 11.4 Å². The van der Waals surface area contributed by atoms with E-state index in [4.69, 9.17) is 5.73 Å². The van der Waals surface area contributed by atoms with E-state index in [0.29, 0.717) is 17.7 Å². The zero-order valence-electron chi connectivity index (χ0n) is 10.3. The molecule has 1 aromatic heterocycles. The summed E-state index contributed by atoms with van der Waals surface area (Å²) in [6, 6.07) is 3.59. The quantitative estimate of drug-likeness (QED) is 0.662. The van der Waals surface area contributed by atoms with Gasteiger partial charge >= 0.3 is 5.69 Å². The molecule has 3 rings (SSSR count). The highest BCUT2D eigenvalue weighted by Gasteiger charge is 2.33. The van der Waals surface area contributed by atoms with Crippen molar-refractivity contribution >= 4 is 32.9 Å². The fourth-order valence-corrected chi connectivity index (χ4v) is 3.00. The Balaban J connectivity index is 1.93. The number of hydrogen-bond donors (Lipinski definition) is 2. The van der Waals surface area contributed by atoms with Gasteiger partial charge in [0.2, 0.25) is 0 Å². The average Bonchev–Trinajstić information content (AvgIpc) is 2.80. The largest absolute Gasteiger partial charge is 0.378 e. The number of benzene rings is 1. The second kappa shape index (κ2) is 4.43. The lowest BCUT2D eigenvalue weighted by molar-refractivity contribution is -0.382. The molecule has 1 aliphatic rings. The number of fused-ring (bicyclic) bond motifs is 1. The first-order valence-electron chi connectivity index (χ1n) is 6.12. The lowest BCUT2D eigenvalue weighted by Crippen LogP contribution is -2.52. The van der Waals surface area contributed by atoms with Gasteiger partial charge in [-0.1, -0.05) is 0 Å². The number of nitrogens with zero attached hydrogens (tertiary/aromatic N) is 2. The molecule has 1 aliphatic carbocycles. The van der Waals surface area contributed by atoms with Crippen molar-refractivity contribution in [2.24, 2.45) is 5.73 Å². The third-order valence-corrected chi connectivity index (χ3v) is 4.43. The van der Waals surface area contributed by atoms with Gasteiger partial charge in [0.05, 0.1) is 15.1 Å². The van der Waals surface area contributed by atoms with Crippen LogP contribution in [-0.2, 0) is 0 Å². The number of thiazole rings is 1. The summed E-state index contributed by atoms with van der Waals surface area (Å²) in [6.07, 6.45) is 3.06. The summed E-state index contributed by atoms with van der Waals surface area (Å²) in [4.78, 5) is 14.9. The predicted molar refractivity (Wildman–Crippen MR) is 75.5 cm³/mol. The standard InChI is InChI=1S/C12H14N4O2S/c13-12(4-1-5-12)6-14-8-2-3-9-10(15-7-19-9)11(8)16(17)18/h2-3,7,14H,1,4-6,13H2. The normalized spacial score (nSPS) is 17.1. The van der Waals surface area contributed by atoms with Gasteiger partial charge in [-0.25, -0.2) is 4.98 Å². The molecule has 6 nitrogen and oxygen atoms in total. The number of anilines is 1. The molecule has 0 unspecified atom stereocenters. The Morgan fingerprint density at radius 2 is 2.32 bits per heavy atom. The second-order valence-corrected chi connectivity index (χ2v) is 5.87. The van der Waals surface area contributed by atoms with Gasteiger partial charge in [0.1, 0.15) is 5.69 Å². The van der Waals surface area contributed by atoms with E-state index in [2.05, 4.69) is 10.3 Å². The highest BCUT2D eigenvalue weighted by Crippen LogP contribution is 2.36. The predicted octanol–water partition coefficient (Wildman–Crippen LogP) is 2.50. The van der Waals surface area contributed by atoms with Crippen LogP contribution in [0.3, 0.4) is 0 Å². The van der Waals surface area contributed by atoms with Gasteiger partial charge < -0.3 is 11.1 Å². The Morgan fingerprint density at radius 1 is 1.53 bits per heavy atom. The van der Waals surface area contributed by atoms with E-state index >= 15 is 0 Å². The minimum Gasteiger partial charge on any atom is -0.378 e. The lowest BCUT2D eigenvalue weighted by Gasteiger charge is -2.38. The number of hydrogen-bond acceptors (Lipinski definition) is 6.